The molecule has 0 aliphatic heterocycles. The fraction of sp³-hybridized carbons (Fsp3) is 0.143. The van der Waals surface area contributed by atoms with Crippen LogP contribution in [0, 0.1) is 13.8 Å². The summed E-state index contributed by atoms with van der Waals surface area (Å²) < 4.78 is 0. The Labute approximate surface area is 197 Å². The maximum Gasteiger partial charge on any atom is 0.0897 e. The lowest BCUT2D eigenvalue weighted by atomic mass is 10.1. The minimum atomic E-state index is 0.810. The van der Waals surface area contributed by atoms with Crippen LogP contribution in [0.15, 0.2) is 94.7 Å². The summed E-state index contributed by atoms with van der Waals surface area (Å²) in [6.45, 7) is 4.32. The molecule has 0 unspecified atom stereocenters. The fourth-order valence-electron chi connectivity index (χ4n) is 3.78. The van der Waals surface area contributed by atoms with Crippen molar-refractivity contribution < 1.29 is 0 Å². The third-order valence-electron chi connectivity index (χ3n) is 5.60. The van der Waals surface area contributed by atoms with E-state index in [0.717, 1.165) is 33.9 Å². The molecular formula is C28H24N2S2. The number of rotatable bonds is 6. The van der Waals surface area contributed by atoms with Crippen LogP contribution in [0.3, 0.4) is 0 Å². The van der Waals surface area contributed by atoms with Crippen LogP contribution in [0.4, 0.5) is 0 Å². The molecule has 0 spiro atoms. The quantitative estimate of drug-likeness (QED) is 0.193. The van der Waals surface area contributed by atoms with Crippen LogP contribution < -0.4 is 0 Å². The van der Waals surface area contributed by atoms with Crippen molar-refractivity contribution in [2.24, 2.45) is 0 Å². The lowest BCUT2D eigenvalue weighted by Gasteiger charge is -2.12. The van der Waals surface area contributed by atoms with Crippen LogP contribution in [0.5, 0.6) is 0 Å². The molecule has 0 N–H and O–H groups in total. The molecule has 5 aromatic rings. The van der Waals surface area contributed by atoms with E-state index in [1.54, 1.807) is 0 Å². The summed E-state index contributed by atoms with van der Waals surface area (Å²) in [7, 11) is 0. The average Bonchev–Trinajstić information content (AvgIpc) is 2.81. The van der Waals surface area contributed by atoms with Crippen molar-refractivity contribution in [1.29, 1.82) is 0 Å². The van der Waals surface area contributed by atoms with E-state index < -0.39 is 0 Å². The van der Waals surface area contributed by atoms with E-state index in [9.17, 15) is 0 Å². The zero-order chi connectivity index (χ0) is 21.9. The van der Waals surface area contributed by atoms with Crippen LogP contribution >= 0.6 is 23.5 Å². The third kappa shape index (κ3) is 4.52. The zero-order valence-electron chi connectivity index (χ0n) is 18.2. The first-order chi connectivity index (χ1) is 15.7. The predicted octanol–water partition coefficient (Wildman–Crippen LogP) is 7.98. The summed E-state index contributed by atoms with van der Waals surface area (Å²) in [5.74, 6) is 1.62. The molecule has 1 aromatic heterocycles. The molecule has 1 heterocycles. The van der Waals surface area contributed by atoms with E-state index in [-0.39, 0.29) is 0 Å². The van der Waals surface area contributed by atoms with Gasteiger partial charge in [0.15, 0.2) is 0 Å². The Kier molecular flexibility index (Phi) is 6.15. The van der Waals surface area contributed by atoms with Gasteiger partial charge in [0.1, 0.15) is 0 Å². The molecule has 0 aliphatic carbocycles. The summed E-state index contributed by atoms with van der Waals surface area (Å²) in [5, 5.41) is 2.41. The van der Waals surface area contributed by atoms with Gasteiger partial charge in [-0.05, 0) is 60.0 Å². The van der Waals surface area contributed by atoms with Gasteiger partial charge in [0, 0.05) is 21.3 Å². The Balaban J connectivity index is 1.53. The normalized spacial score (nSPS) is 11.3. The maximum atomic E-state index is 5.11. The molecule has 0 saturated heterocycles. The molecule has 32 heavy (non-hydrogen) atoms. The number of fused-ring (bicyclic) bond motifs is 2. The van der Waals surface area contributed by atoms with Gasteiger partial charge in [0.25, 0.3) is 0 Å². The van der Waals surface area contributed by atoms with E-state index in [2.05, 4.69) is 98.8 Å². The number of benzene rings is 4. The predicted molar refractivity (Wildman–Crippen MR) is 139 cm³/mol. The van der Waals surface area contributed by atoms with Crippen molar-refractivity contribution in [3.05, 3.63) is 107 Å². The molecule has 0 aliphatic rings. The van der Waals surface area contributed by atoms with Gasteiger partial charge in [-0.2, -0.15) is 0 Å². The molecule has 0 saturated carbocycles. The fourth-order valence-corrected chi connectivity index (χ4v) is 5.76. The van der Waals surface area contributed by atoms with Crippen molar-refractivity contribution in [1.82, 2.24) is 9.97 Å². The Morgan fingerprint density at radius 3 is 1.41 bits per heavy atom. The second-order valence-corrected chi connectivity index (χ2v) is 9.95. The number of thioether (sulfide) groups is 2. The Morgan fingerprint density at radius 2 is 0.969 bits per heavy atom. The van der Waals surface area contributed by atoms with Gasteiger partial charge in [-0.3, -0.25) is 0 Å². The van der Waals surface area contributed by atoms with Crippen LogP contribution in [0.2, 0.25) is 0 Å². The van der Waals surface area contributed by atoms with Crippen molar-refractivity contribution in [3.8, 4) is 0 Å². The summed E-state index contributed by atoms with van der Waals surface area (Å²) in [6, 6.07) is 29.8. The minimum absolute atomic E-state index is 0.810. The summed E-state index contributed by atoms with van der Waals surface area (Å²) in [4.78, 5) is 12.8. The summed E-state index contributed by atoms with van der Waals surface area (Å²) in [6.07, 6.45) is 0. The number of aryl methyl sites for hydroxylation is 2. The highest BCUT2D eigenvalue weighted by Gasteiger charge is 2.12. The molecule has 0 fully saturated rings. The smallest absolute Gasteiger partial charge is 0.0897 e. The molecule has 4 aromatic carbocycles. The number of nitrogens with zero attached hydrogens (tertiary/aromatic N) is 2. The monoisotopic (exact) mass is 452 g/mol. The van der Waals surface area contributed by atoms with E-state index in [1.807, 2.05) is 23.5 Å². The molecular weight excluding hydrogens is 428 g/mol. The Morgan fingerprint density at radius 1 is 0.562 bits per heavy atom. The van der Waals surface area contributed by atoms with Crippen LogP contribution in [-0.2, 0) is 11.5 Å². The molecule has 0 bridgehead atoms. The second-order valence-electron chi connectivity index (χ2n) is 7.91. The zero-order valence-corrected chi connectivity index (χ0v) is 19.8. The second kappa shape index (κ2) is 9.35. The average molecular weight is 453 g/mol. The Bertz CT molecular complexity index is 1300. The number of aromatic nitrogens is 2. The van der Waals surface area contributed by atoms with Gasteiger partial charge >= 0.3 is 0 Å². The molecule has 0 amide bonds. The highest BCUT2D eigenvalue weighted by atomic mass is 32.2. The number of hydrogen-bond donors (Lipinski definition) is 0. The molecule has 2 nitrogen and oxygen atoms in total. The van der Waals surface area contributed by atoms with Gasteiger partial charge in [0.2, 0.25) is 0 Å². The van der Waals surface area contributed by atoms with Crippen molar-refractivity contribution in [2.75, 3.05) is 0 Å². The van der Waals surface area contributed by atoms with Crippen LogP contribution in [0.25, 0.3) is 21.8 Å². The molecule has 4 heteroatoms. The minimum Gasteiger partial charge on any atom is -0.248 e. The molecule has 5 rings (SSSR count). The van der Waals surface area contributed by atoms with Gasteiger partial charge in [0.05, 0.1) is 22.4 Å². The highest BCUT2D eigenvalue weighted by Crippen LogP contribution is 2.31. The third-order valence-corrected chi connectivity index (χ3v) is 7.98. The first kappa shape index (κ1) is 21.0. The van der Waals surface area contributed by atoms with Crippen molar-refractivity contribution in [2.45, 2.75) is 35.1 Å². The summed E-state index contributed by atoms with van der Waals surface area (Å²) in [5.41, 5.74) is 6.67. The van der Waals surface area contributed by atoms with Crippen molar-refractivity contribution in [3.63, 3.8) is 0 Å². The maximum absolute atomic E-state index is 5.11. The van der Waals surface area contributed by atoms with Crippen LogP contribution in [0.1, 0.15) is 22.5 Å². The van der Waals surface area contributed by atoms with E-state index in [4.69, 9.17) is 9.97 Å². The van der Waals surface area contributed by atoms with E-state index >= 15 is 0 Å². The van der Waals surface area contributed by atoms with Gasteiger partial charge in [-0.1, -0.05) is 60.7 Å². The summed E-state index contributed by atoms with van der Waals surface area (Å²) >= 11 is 3.68. The van der Waals surface area contributed by atoms with Gasteiger partial charge in [-0.15, -0.1) is 23.5 Å². The lowest BCUT2D eigenvalue weighted by molar-refractivity contribution is 1.07. The van der Waals surface area contributed by atoms with E-state index in [1.165, 1.54) is 31.7 Å². The van der Waals surface area contributed by atoms with Gasteiger partial charge in [-0.25, -0.2) is 9.97 Å². The highest BCUT2D eigenvalue weighted by molar-refractivity contribution is 7.99. The Hall–Kier alpha value is -2.82. The topological polar surface area (TPSA) is 25.8 Å². The number of hydrogen-bond acceptors (Lipinski definition) is 4. The van der Waals surface area contributed by atoms with Crippen LogP contribution in [-0.4, -0.2) is 9.97 Å². The molecule has 0 atom stereocenters. The van der Waals surface area contributed by atoms with Gasteiger partial charge < -0.3 is 0 Å². The first-order valence-electron chi connectivity index (χ1n) is 10.7. The first-order valence-corrected chi connectivity index (χ1v) is 12.7. The molecule has 158 valence electrons. The SMILES string of the molecule is Cc1ccccc1SCc1nc2cc3ccccc3cc2nc1CSc1ccccc1C. The van der Waals surface area contributed by atoms with Crippen molar-refractivity contribution >= 4 is 45.3 Å². The standard InChI is InChI=1S/C28H24N2S2/c1-19-9-3-7-13-27(19)31-17-25-26(18-32-28-14-8-4-10-20(28)2)30-24-16-22-12-6-5-11-21(22)15-23(24)29-25/h3-16H,17-18H2,1-2H3. The van der Waals surface area contributed by atoms with E-state index in [0.29, 0.717) is 0 Å². The largest absolute Gasteiger partial charge is 0.248 e. The molecule has 0 radical (unpaired) electrons. The lowest BCUT2D eigenvalue weighted by Crippen LogP contribution is -2.01.